The summed E-state index contributed by atoms with van der Waals surface area (Å²) in [5, 5.41) is 0. The Balaban J connectivity index is 1.63. The molecule has 0 aliphatic carbocycles. The Morgan fingerprint density at radius 1 is 1.12 bits per heavy atom. The predicted octanol–water partition coefficient (Wildman–Crippen LogP) is 4.64. The van der Waals surface area contributed by atoms with Gasteiger partial charge in [-0.1, -0.05) is 30.3 Å². The van der Waals surface area contributed by atoms with E-state index < -0.39 is 0 Å². The van der Waals surface area contributed by atoms with E-state index in [-0.39, 0.29) is 24.6 Å². The maximum absolute atomic E-state index is 13.8. The number of hydrogen-bond acceptors (Lipinski definition) is 4. The fourth-order valence-corrected chi connectivity index (χ4v) is 2.55. The zero-order valence-electron chi connectivity index (χ0n) is 14.1. The SMILES string of the molecule is Cc1cccc(C)c1OC(=O)CCc1ncc(-c2ccccc2F)o1. The first-order chi connectivity index (χ1) is 12.0. The van der Waals surface area contributed by atoms with E-state index in [0.29, 0.717) is 23.0 Å². The Morgan fingerprint density at radius 2 is 1.84 bits per heavy atom. The van der Waals surface area contributed by atoms with Gasteiger partial charge < -0.3 is 9.15 Å². The number of carbonyl (C=O) groups is 1. The van der Waals surface area contributed by atoms with Crippen molar-refractivity contribution in [3.8, 4) is 17.1 Å². The van der Waals surface area contributed by atoms with E-state index in [1.54, 1.807) is 18.2 Å². The average Bonchev–Trinajstić information content (AvgIpc) is 3.06. The first-order valence-electron chi connectivity index (χ1n) is 8.01. The molecule has 2 aromatic carbocycles. The Hall–Kier alpha value is -2.95. The Kier molecular flexibility index (Phi) is 4.93. The van der Waals surface area contributed by atoms with Crippen molar-refractivity contribution in [2.75, 3.05) is 0 Å². The van der Waals surface area contributed by atoms with Crippen molar-refractivity contribution >= 4 is 5.97 Å². The number of carbonyl (C=O) groups excluding carboxylic acids is 1. The van der Waals surface area contributed by atoms with Crippen LogP contribution in [-0.2, 0) is 11.2 Å². The van der Waals surface area contributed by atoms with Gasteiger partial charge in [-0.2, -0.15) is 0 Å². The Bertz CT molecular complexity index is 881. The highest BCUT2D eigenvalue weighted by Crippen LogP contribution is 2.25. The van der Waals surface area contributed by atoms with Gasteiger partial charge >= 0.3 is 5.97 Å². The van der Waals surface area contributed by atoms with Gasteiger partial charge in [0.15, 0.2) is 11.7 Å². The zero-order chi connectivity index (χ0) is 17.8. The van der Waals surface area contributed by atoms with Crippen LogP contribution in [0, 0.1) is 19.7 Å². The lowest BCUT2D eigenvalue weighted by atomic mass is 10.1. The van der Waals surface area contributed by atoms with Crippen molar-refractivity contribution in [2.24, 2.45) is 0 Å². The molecule has 4 nitrogen and oxygen atoms in total. The van der Waals surface area contributed by atoms with Crippen LogP contribution in [0.1, 0.15) is 23.4 Å². The number of benzene rings is 2. The Morgan fingerprint density at radius 3 is 2.56 bits per heavy atom. The molecule has 3 rings (SSSR count). The first-order valence-corrected chi connectivity index (χ1v) is 8.01. The second-order valence-corrected chi connectivity index (χ2v) is 5.79. The summed E-state index contributed by atoms with van der Waals surface area (Å²) in [5.41, 5.74) is 2.16. The summed E-state index contributed by atoms with van der Waals surface area (Å²) < 4.78 is 24.7. The van der Waals surface area contributed by atoms with Crippen LogP contribution in [-0.4, -0.2) is 11.0 Å². The van der Waals surface area contributed by atoms with Crippen molar-refractivity contribution in [1.29, 1.82) is 0 Å². The van der Waals surface area contributed by atoms with Crippen molar-refractivity contribution in [1.82, 2.24) is 4.98 Å². The van der Waals surface area contributed by atoms with Crippen LogP contribution < -0.4 is 4.74 Å². The molecule has 128 valence electrons. The van der Waals surface area contributed by atoms with Crippen molar-refractivity contribution in [3.63, 3.8) is 0 Å². The molecule has 0 fully saturated rings. The highest BCUT2D eigenvalue weighted by Gasteiger charge is 2.14. The monoisotopic (exact) mass is 339 g/mol. The fourth-order valence-electron chi connectivity index (χ4n) is 2.55. The lowest BCUT2D eigenvalue weighted by Gasteiger charge is -2.09. The van der Waals surface area contributed by atoms with Gasteiger partial charge in [0.2, 0.25) is 0 Å². The van der Waals surface area contributed by atoms with Gasteiger partial charge in [-0.25, -0.2) is 9.37 Å². The summed E-state index contributed by atoms with van der Waals surface area (Å²) in [6, 6.07) is 12.0. The van der Waals surface area contributed by atoms with E-state index >= 15 is 0 Å². The van der Waals surface area contributed by atoms with Gasteiger partial charge in [0.25, 0.3) is 0 Å². The number of hydrogen-bond donors (Lipinski definition) is 0. The first kappa shape index (κ1) is 16.9. The lowest BCUT2D eigenvalue weighted by molar-refractivity contribution is -0.134. The molecular formula is C20H18FNO3. The molecule has 0 amide bonds. The van der Waals surface area contributed by atoms with Crippen LogP contribution in [0.5, 0.6) is 5.75 Å². The molecule has 0 radical (unpaired) electrons. The second-order valence-electron chi connectivity index (χ2n) is 5.79. The van der Waals surface area contributed by atoms with Gasteiger partial charge in [-0.3, -0.25) is 4.79 Å². The molecule has 0 saturated carbocycles. The zero-order valence-corrected chi connectivity index (χ0v) is 14.1. The third-order valence-electron chi connectivity index (χ3n) is 3.86. The number of aromatic nitrogens is 1. The van der Waals surface area contributed by atoms with E-state index in [4.69, 9.17) is 9.15 Å². The average molecular weight is 339 g/mol. The number of para-hydroxylation sites is 1. The minimum atomic E-state index is -0.375. The van der Waals surface area contributed by atoms with Gasteiger partial charge in [-0.05, 0) is 37.1 Å². The molecule has 0 unspecified atom stereocenters. The molecular weight excluding hydrogens is 321 g/mol. The number of rotatable bonds is 5. The molecule has 0 N–H and O–H groups in total. The summed E-state index contributed by atoms with van der Waals surface area (Å²) in [6.45, 7) is 3.79. The van der Waals surface area contributed by atoms with E-state index in [9.17, 15) is 9.18 Å². The summed E-state index contributed by atoms with van der Waals surface area (Å²) in [6.07, 6.45) is 1.88. The molecule has 1 aromatic heterocycles. The number of halogens is 1. The molecule has 3 aromatic rings. The van der Waals surface area contributed by atoms with Crippen LogP contribution in [0.25, 0.3) is 11.3 Å². The lowest BCUT2D eigenvalue weighted by Crippen LogP contribution is -2.10. The molecule has 0 atom stereocenters. The van der Waals surface area contributed by atoms with Gasteiger partial charge in [0.05, 0.1) is 18.2 Å². The third-order valence-corrected chi connectivity index (χ3v) is 3.86. The minimum absolute atomic E-state index is 0.130. The number of esters is 1. The Labute approximate surface area is 145 Å². The smallest absolute Gasteiger partial charge is 0.311 e. The van der Waals surface area contributed by atoms with Crippen LogP contribution in [0.4, 0.5) is 4.39 Å². The van der Waals surface area contributed by atoms with Crippen LogP contribution in [0.3, 0.4) is 0 Å². The molecule has 0 aliphatic heterocycles. The highest BCUT2D eigenvalue weighted by molar-refractivity contribution is 5.73. The molecule has 25 heavy (non-hydrogen) atoms. The van der Waals surface area contributed by atoms with E-state index in [1.165, 1.54) is 12.3 Å². The molecule has 5 heteroatoms. The number of nitrogens with zero attached hydrogens (tertiary/aromatic N) is 1. The van der Waals surface area contributed by atoms with Gasteiger partial charge in [0, 0.05) is 6.42 Å². The van der Waals surface area contributed by atoms with Crippen LogP contribution in [0.15, 0.2) is 53.1 Å². The van der Waals surface area contributed by atoms with Crippen LogP contribution in [0.2, 0.25) is 0 Å². The largest absolute Gasteiger partial charge is 0.441 e. The maximum Gasteiger partial charge on any atom is 0.311 e. The normalized spacial score (nSPS) is 10.7. The van der Waals surface area contributed by atoms with E-state index in [2.05, 4.69) is 4.98 Å². The number of aryl methyl sites for hydroxylation is 3. The van der Waals surface area contributed by atoms with Gasteiger partial charge in [-0.15, -0.1) is 0 Å². The predicted molar refractivity (Wildman–Crippen MR) is 91.8 cm³/mol. The van der Waals surface area contributed by atoms with Gasteiger partial charge in [0.1, 0.15) is 11.6 Å². The molecule has 0 bridgehead atoms. The van der Waals surface area contributed by atoms with Crippen molar-refractivity contribution < 1.29 is 18.3 Å². The fraction of sp³-hybridized carbons (Fsp3) is 0.200. The van der Waals surface area contributed by atoms with Crippen LogP contribution >= 0.6 is 0 Å². The highest BCUT2D eigenvalue weighted by atomic mass is 19.1. The molecule has 1 heterocycles. The standard InChI is InChI=1S/C20H18FNO3/c1-13-6-5-7-14(2)20(13)25-19(23)11-10-18-22-12-17(24-18)15-8-3-4-9-16(15)21/h3-9,12H,10-11H2,1-2H3. The maximum atomic E-state index is 13.8. The minimum Gasteiger partial charge on any atom is -0.441 e. The second kappa shape index (κ2) is 7.30. The number of oxazole rings is 1. The summed E-state index contributed by atoms with van der Waals surface area (Å²) in [5.74, 6) is 0.572. The molecule has 0 saturated heterocycles. The molecule has 0 spiro atoms. The quantitative estimate of drug-likeness (QED) is 0.502. The third kappa shape index (κ3) is 3.94. The molecule has 0 aliphatic rings. The summed E-state index contributed by atoms with van der Waals surface area (Å²) in [7, 11) is 0. The van der Waals surface area contributed by atoms with Crippen molar-refractivity contribution in [2.45, 2.75) is 26.7 Å². The number of ether oxygens (including phenoxy) is 1. The summed E-state index contributed by atoms with van der Waals surface area (Å²) >= 11 is 0. The van der Waals surface area contributed by atoms with E-state index in [0.717, 1.165) is 11.1 Å². The topological polar surface area (TPSA) is 52.3 Å². The van der Waals surface area contributed by atoms with E-state index in [1.807, 2.05) is 32.0 Å². The van der Waals surface area contributed by atoms with Crippen molar-refractivity contribution in [3.05, 3.63) is 71.5 Å². The summed E-state index contributed by atoms with van der Waals surface area (Å²) in [4.78, 5) is 16.2.